The van der Waals surface area contributed by atoms with Crippen LogP contribution in [0.5, 0.6) is 0 Å². The van der Waals surface area contributed by atoms with E-state index >= 15 is 0 Å². The average Bonchev–Trinajstić information content (AvgIpc) is 2.46. The van der Waals surface area contributed by atoms with Crippen LogP contribution >= 0.6 is 0 Å². The van der Waals surface area contributed by atoms with Gasteiger partial charge in [0.25, 0.3) is 0 Å². The van der Waals surface area contributed by atoms with Crippen molar-refractivity contribution in [2.75, 3.05) is 0 Å². The molecule has 0 aromatic carbocycles. The normalized spacial score (nSPS) is 58.6. The molecule has 0 unspecified atom stereocenters. The van der Waals surface area contributed by atoms with E-state index in [1.165, 1.54) is 0 Å². The lowest BCUT2D eigenvalue weighted by Crippen LogP contribution is -2.30. The fourth-order valence-electron chi connectivity index (χ4n) is 2.50. The number of fused-ring (bicyclic) bond motifs is 3. The molecule has 0 bridgehead atoms. The highest BCUT2D eigenvalue weighted by atomic mass is 16.6. The molecule has 0 N–H and O–H groups in total. The molecular formula is C8H10O3. The molecule has 0 spiro atoms. The summed E-state index contributed by atoms with van der Waals surface area (Å²) in [5.41, 5.74) is -0.176. The van der Waals surface area contributed by atoms with Crippen LogP contribution in [0.15, 0.2) is 0 Å². The molecule has 3 rings (SSSR count). The minimum Gasteiger partial charge on any atom is -0.459 e. The van der Waals surface area contributed by atoms with Crippen LogP contribution in [0.1, 0.15) is 19.8 Å². The van der Waals surface area contributed by atoms with E-state index in [0.29, 0.717) is 24.5 Å². The van der Waals surface area contributed by atoms with E-state index in [1.807, 2.05) is 6.92 Å². The van der Waals surface area contributed by atoms with Gasteiger partial charge in [-0.05, 0) is 6.92 Å². The van der Waals surface area contributed by atoms with Gasteiger partial charge < -0.3 is 9.47 Å². The molecule has 0 amide bonds. The Kier molecular flexibility index (Phi) is 0.796. The topological polar surface area (TPSA) is 38.8 Å². The number of carbonyl (C=O) groups excluding carboxylic acids is 1. The van der Waals surface area contributed by atoms with Crippen molar-refractivity contribution in [3.63, 3.8) is 0 Å². The maximum absolute atomic E-state index is 10.9. The molecule has 1 saturated carbocycles. The summed E-state index contributed by atoms with van der Waals surface area (Å²) < 4.78 is 10.6. The van der Waals surface area contributed by atoms with Crippen LogP contribution in [-0.4, -0.2) is 23.8 Å². The Morgan fingerprint density at radius 1 is 1.64 bits per heavy atom. The first kappa shape index (κ1) is 6.00. The summed E-state index contributed by atoms with van der Waals surface area (Å²) in [6.45, 7) is 2.03. The van der Waals surface area contributed by atoms with Crippen molar-refractivity contribution >= 4 is 5.97 Å². The molecule has 2 heterocycles. The van der Waals surface area contributed by atoms with Crippen LogP contribution in [0, 0.1) is 5.92 Å². The number of ether oxygens (including phenoxy) is 2. The Morgan fingerprint density at radius 3 is 3.18 bits per heavy atom. The third kappa shape index (κ3) is 0.601. The summed E-state index contributed by atoms with van der Waals surface area (Å²) in [6.07, 6.45) is 2.22. The van der Waals surface area contributed by atoms with Gasteiger partial charge in [0.1, 0.15) is 5.60 Å². The van der Waals surface area contributed by atoms with E-state index in [0.717, 1.165) is 6.42 Å². The van der Waals surface area contributed by atoms with Crippen molar-refractivity contribution in [2.24, 2.45) is 5.92 Å². The van der Waals surface area contributed by atoms with E-state index in [1.54, 1.807) is 0 Å². The molecule has 2 saturated heterocycles. The highest BCUT2D eigenvalue weighted by molar-refractivity contribution is 5.73. The van der Waals surface area contributed by atoms with Gasteiger partial charge in [0.2, 0.25) is 0 Å². The number of esters is 1. The van der Waals surface area contributed by atoms with Gasteiger partial charge in [0.05, 0.1) is 18.6 Å². The SMILES string of the molecule is C[C@]12C[C@H]3O[C@H]3[C@H]1CC(=O)O2. The predicted octanol–water partition coefficient (Wildman–Crippen LogP) is 0.479. The highest BCUT2D eigenvalue weighted by Crippen LogP contribution is 2.55. The average molecular weight is 154 g/mol. The lowest BCUT2D eigenvalue weighted by atomic mass is 9.92. The van der Waals surface area contributed by atoms with Crippen LogP contribution in [0.3, 0.4) is 0 Å². The van der Waals surface area contributed by atoms with Gasteiger partial charge in [0.15, 0.2) is 0 Å². The fourth-order valence-corrected chi connectivity index (χ4v) is 2.50. The van der Waals surface area contributed by atoms with Gasteiger partial charge in [-0.15, -0.1) is 0 Å². The number of epoxide rings is 1. The van der Waals surface area contributed by atoms with Crippen LogP contribution < -0.4 is 0 Å². The van der Waals surface area contributed by atoms with E-state index in [2.05, 4.69) is 0 Å². The molecule has 11 heavy (non-hydrogen) atoms. The van der Waals surface area contributed by atoms with Crippen LogP contribution in [-0.2, 0) is 14.3 Å². The maximum Gasteiger partial charge on any atom is 0.306 e. The predicted molar refractivity (Wildman–Crippen MR) is 35.9 cm³/mol. The largest absolute Gasteiger partial charge is 0.459 e. The zero-order valence-corrected chi connectivity index (χ0v) is 6.37. The lowest BCUT2D eigenvalue weighted by Gasteiger charge is -2.23. The van der Waals surface area contributed by atoms with Crippen LogP contribution in [0.2, 0.25) is 0 Å². The molecule has 3 aliphatic rings. The fraction of sp³-hybridized carbons (Fsp3) is 0.875. The van der Waals surface area contributed by atoms with E-state index in [9.17, 15) is 4.79 Å². The number of hydrogen-bond acceptors (Lipinski definition) is 3. The molecule has 0 aromatic heterocycles. The summed E-state index contributed by atoms with van der Waals surface area (Å²) in [6, 6.07) is 0. The summed E-state index contributed by atoms with van der Waals surface area (Å²) in [4.78, 5) is 10.9. The monoisotopic (exact) mass is 154 g/mol. The second-order valence-electron chi connectivity index (χ2n) is 3.94. The standard InChI is InChI=1S/C8H10O3/c1-8-3-5-7(10-5)4(8)2-6(9)11-8/h4-5,7H,2-3H2,1H3/t4-,5-,7+,8+/m1/s1. The highest BCUT2D eigenvalue weighted by Gasteiger charge is 2.66. The number of hydrogen-bond donors (Lipinski definition) is 0. The lowest BCUT2D eigenvalue weighted by molar-refractivity contribution is -0.148. The Balaban J connectivity index is 1.96. The number of rotatable bonds is 0. The zero-order chi connectivity index (χ0) is 7.64. The Bertz CT molecular complexity index is 237. The summed E-state index contributed by atoms with van der Waals surface area (Å²) in [7, 11) is 0. The van der Waals surface area contributed by atoms with Gasteiger partial charge in [-0.1, -0.05) is 0 Å². The first-order valence-electron chi connectivity index (χ1n) is 4.06. The van der Waals surface area contributed by atoms with Crippen molar-refractivity contribution in [1.29, 1.82) is 0 Å². The van der Waals surface area contributed by atoms with Gasteiger partial charge in [-0.25, -0.2) is 0 Å². The van der Waals surface area contributed by atoms with E-state index < -0.39 is 0 Å². The Morgan fingerprint density at radius 2 is 2.45 bits per heavy atom. The van der Waals surface area contributed by atoms with Crippen molar-refractivity contribution in [1.82, 2.24) is 0 Å². The Labute approximate surface area is 64.7 Å². The van der Waals surface area contributed by atoms with Gasteiger partial charge in [-0.3, -0.25) is 4.79 Å². The third-order valence-electron chi connectivity index (χ3n) is 3.14. The first-order chi connectivity index (χ1) is 5.19. The van der Waals surface area contributed by atoms with E-state index in [-0.39, 0.29) is 11.6 Å². The minimum absolute atomic E-state index is 0.0496. The summed E-state index contributed by atoms with van der Waals surface area (Å²) >= 11 is 0. The third-order valence-corrected chi connectivity index (χ3v) is 3.14. The van der Waals surface area contributed by atoms with Gasteiger partial charge in [0, 0.05) is 12.3 Å². The molecule has 0 radical (unpaired) electrons. The van der Waals surface area contributed by atoms with E-state index in [4.69, 9.17) is 9.47 Å². The first-order valence-corrected chi connectivity index (χ1v) is 4.06. The van der Waals surface area contributed by atoms with Crippen molar-refractivity contribution < 1.29 is 14.3 Å². The number of carbonyl (C=O) groups is 1. The maximum atomic E-state index is 10.9. The molecule has 0 aromatic rings. The smallest absolute Gasteiger partial charge is 0.306 e. The molecule has 60 valence electrons. The molecule has 3 fully saturated rings. The van der Waals surface area contributed by atoms with Crippen LogP contribution in [0.4, 0.5) is 0 Å². The van der Waals surface area contributed by atoms with Gasteiger partial charge >= 0.3 is 5.97 Å². The van der Waals surface area contributed by atoms with Crippen molar-refractivity contribution in [2.45, 2.75) is 37.6 Å². The molecule has 3 heteroatoms. The van der Waals surface area contributed by atoms with Crippen molar-refractivity contribution in [3.05, 3.63) is 0 Å². The molecule has 4 atom stereocenters. The second-order valence-corrected chi connectivity index (χ2v) is 3.94. The summed E-state index contributed by atoms with van der Waals surface area (Å²) in [5, 5.41) is 0. The minimum atomic E-state index is -0.176. The molecule has 1 aliphatic carbocycles. The molecule has 3 nitrogen and oxygen atoms in total. The molecular weight excluding hydrogens is 144 g/mol. The molecule has 2 aliphatic heterocycles. The zero-order valence-electron chi connectivity index (χ0n) is 6.37. The van der Waals surface area contributed by atoms with Gasteiger partial charge in [-0.2, -0.15) is 0 Å². The van der Waals surface area contributed by atoms with Crippen LogP contribution in [0.25, 0.3) is 0 Å². The van der Waals surface area contributed by atoms with Crippen molar-refractivity contribution in [3.8, 4) is 0 Å². The Hall–Kier alpha value is -0.570. The quantitative estimate of drug-likeness (QED) is 0.376. The summed E-state index contributed by atoms with van der Waals surface area (Å²) in [5.74, 6) is 0.298. The second kappa shape index (κ2) is 1.46.